The molecule has 0 aliphatic heterocycles. The van der Waals surface area contributed by atoms with E-state index in [4.69, 9.17) is 0 Å². The van der Waals surface area contributed by atoms with Gasteiger partial charge in [0.15, 0.2) is 5.96 Å². The molecule has 0 atom stereocenters. The average molecular weight is 476 g/mol. The van der Waals surface area contributed by atoms with Gasteiger partial charge in [0.05, 0.1) is 12.2 Å². The zero-order valence-electron chi connectivity index (χ0n) is 15.3. The van der Waals surface area contributed by atoms with E-state index in [1.165, 1.54) is 10.9 Å². The number of nitrogens with zero attached hydrogens (tertiary/aromatic N) is 2. The highest BCUT2D eigenvalue weighted by Crippen LogP contribution is 2.22. The summed E-state index contributed by atoms with van der Waals surface area (Å²) in [5, 5.41) is 7.63. The van der Waals surface area contributed by atoms with Gasteiger partial charge in [0.2, 0.25) is 0 Å². The van der Waals surface area contributed by atoms with Crippen molar-refractivity contribution in [3.8, 4) is 0 Å². The molecule has 0 aliphatic carbocycles. The average Bonchev–Trinajstić information content (AvgIpc) is 2.86. The second kappa shape index (κ2) is 9.47. The molecule has 0 spiro atoms. The van der Waals surface area contributed by atoms with Crippen LogP contribution in [0.3, 0.4) is 0 Å². The number of benzene rings is 1. The molecular formula is C18H26FIN4S. The molecule has 0 radical (unpaired) electrons. The first-order valence-corrected chi connectivity index (χ1v) is 8.77. The van der Waals surface area contributed by atoms with E-state index in [0.717, 1.165) is 16.3 Å². The summed E-state index contributed by atoms with van der Waals surface area (Å²) in [6.45, 7) is 9.53. The fourth-order valence-electron chi connectivity index (χ4n) is 2.31. The number of hydrogen-bond donors (Lipinski definition) is 2. The van der Waals surface area contributed by atoms with Gasteiger partial charge in [-0.3, -0.25) is 4.99 Å². The molecule has 0 aliphatic rings. The molecule has 0 fully saturated rings. The highest BCUT2D eigenvalue weighted by Gasteiger charge is 2.21. The molecule has 0 saturated heterocycles. The Morgan fingerprint density at radius 3 is 2.56 bits per heavy atom. The fourth-order valence-corrected chi connectivity index (χ4v) is 3.18. The molecule has 4 nitrogen and oxygen atoms in total. The van der Waals surface area contributed by atoms with Crippen molar-refractivity contribution in [2.45, 2.75) is 39.7 Å². The second-order valence-electron chi connectivity index (χ2n) is 6.42. The Hall–Kier alpha value is -1.22. The van der Waals surface area contributed by atoms with Crippen LogP contribution in [0.1, 0.15) is 35.0 Å². The van der Waals surface area contributed by atoms with Gasteiger partial charge in [-0.1, -0.05) is 26.0 Å². The molecule has 0 amide bonds. The van der Waals surface area contributed by atoms with Crippen LogP contribution in [-0.2, 0) is 12.0 Å². The Morgan fingerprint density at radius 1 is 1.28 bits per heavy atom. The molecule has 2 rings (SSSR count). The molecule has 0 saturated carbocycles. The van der Waals surface area contributed by atoms with Crippen LogP contribution in [0.4, 0.5) is 4.39 Å². The number of nitrogens with one attached hydrogen (secondary N) is 2. The molecule has 0 unspecified atom stereocenters. The molecule has 25 heavy (non-hydrogen) atoms. The van der Waals surface area contributed by atoms with Gasteiger partial charge in [-0.25, -0.2) is 9.37 Å². The Bertz CT molecular complexity index is 708. The van der Waals surface area contributed by atoms with E-state index < -0.39 is 0 Å². The summed E-state index contributed by atoms with van der Waals surface area (Å²) in [5.74, 6) is 0.502. The number of rotatable bonds is 5. The number of aliphatic imine (C=N–C) groups is 1. The predicted octanol–water partition coefficient (Wildman–Crippen LogP) is 4.16. The number of guanidine groups is 1. The molecule has 7 heteroatoms. The predicted molar refractivity (Wildman–Crippen MR) is 115 cm³/mol. The van der Waals surface area contributed by atoms with E-state index in [-0.39, 0.29) is 35.2 Å². The summed E-state index contributed by atoms with van der Waals surface area (Å²) in [6.07, 6.45) is 0. The van der Waals surface area contributed by atoms with E-state index in [2.05, 4.69) is 41.4 Å². The van der Waals surface area contributed by atoms with Gasteiger partial charge >= 0.3 is 0 Å². The lowest BCUT2D eigenvalue weighted by Gasteiger charge is -2.26. The molecule has 2 aromatic rings. The van der Waals surface area contributed by atoms with Crippen LogP contribution in [0, 0.1) is 19.7 Å². The number of aromatic nitrogens is 1. The molecule has 1 aromatic carbocycles. The topological polar surface area (TPSA) is 49.3 Å². The van der Waals surface area contributed by atoms with Crippen molar-refractivity contribution in [1.82, 2.24) is 15.6 Å². The van der Waals surface area contributed by atoms with Crippen LogP contribution in [0.25, 0.3) is 0 Å². The van der Waals surface area contributed by atoms with Crippen molar-refractivity contribution in [1.29, 1.82) is 0 Å². The van der Waals surface area contributed by atoms with E-state index in [9.17, 15) is 4.39 Å². The van der Waals surface area contributed by atoms with Crippen LogP contribution in [0.15, 0.2) is 29.3 Å². The van der Waals surface area contributed by atoms with Gasteiger partial charge < -0.3 is 10.6 Å². The van der Waals surface area contributed by atoms with Crippen LogP contribution in [0.5, 0.6) is 0 Å². The second-order valence-corrected chi connectivity index (χ2v) is 7.71. The maximum Gasteiger partial charge on any atom is 0.191 e. The first-order chi connectivity index (χ1) is 11.3. The zero-order chi connectivity index (χ0) is 17.7. The summed E-state index contributed by atoms with van der Waals surface area (Å²) < 4.78 is 13.4. The summed E-state index contributed by atoms with van der Waals surface area (Å²) in [5.41, 5.74) is 1.82. The van der Waals surface area contributed by atoms with Crippen molar-refractivity contribution in [3.63, 3.8) is 0 Å². The van der Waals surface area contributed by atoms with Crippen molar-refractivity contribution in [3.05, 3.63) is 51.2 Å². The van der Waals surface area contributed by atoms with E-state index in [1.807, 2.05) is 13.0 Å². The van der Waals surface area contributed by atoms with Gasteiger partial charge in [-0.15, -0.1) is 35.3 Å². The van der Waals surface area contributed by atoms with E-state index >= 15 is 0 Å². The van der Waals surface area contributed by atoms with Crippen molar-refractivity contribution in [2.75, 3.05) is 13.6 Å². The third kappa shape index (κ3) is 6.22. The highest BCUT2D eigenvalue weighted by molar-refractivity contribution is 14.0. The Morgan fingerprint density at radius 2 is 2.00 bits per heavy atom. The van der Waals surface area contributed by atoms with E-state index in [1.54, 1.807) is 30.5 Å². The Labute approximate surface area is 170 Å². The first-order valence-electron chi connectivity index (χ1n) is 7.95. The molecular weight excluding hydrogens is 450 g/mol. The van der Waals surface area contributed by atoms with Crippen LogP contribution < -0.4 is 10.6 Å². The quantitative estimate of drug-likeness (QED) is 0.387. The lowest BCUT2D eigenvalue weighted by molar-refractivity contribution is 0.503. The minimum absolute atomic E-state index is 0. The number of thiazole rings is 1. The summed E-state index contributed by atoms with van der Waals surface area (Å²) in [6, 6.07) is 6.74. The SMILES string of the molecule is CN=C(NCc1nc(C)c(C)s1)NCC(C)(C)c1cccc(F)c1.I. The van der Waals surface area contributed by atoms with Gasteiger partial charge in [-0.2, -0.15) is 0 Å². The fraction of sp³-hybridized carbons (Fsp3) is 0.444. The summed E-state index contributed by atoms with van der Waals surface area (Å²) >= 11 is 1.69. The third-order valence-electron chi connectivity index (χ3n) is 4.01. The summed E-state index contributed by atoms with van der Waals surface area (Å²) in [4.78, 5) is 10.00. The normalized spacial score (nSPS) is 11.8. The van der Waals surface area contributed by atoms with Gasteiger partial charge in [0, 0.05) is 23.9 Å². The minimum atomic E-state index is -0.214. The summed E-state index contributed by atoms with van der Waals surface area (Å²) in [7, 11) is 1.74. The Balaban J connectivity index is 0.00000312. The van der Waals surface area contributed by atoms with Crippen LogP contribution in [0.2, 0.25) is 0 Å². The maximum absolute atomic E-state index is 13.4. The first kappa shape index (κ1) is 21.8. The standard InChI is InChI=1S/C18H25FN4S.HI/c1-12-13(2)24-16(23-12)10-21-17(20-5)22-11-18(3,4)14-7-6-8-15(19)9-14;/h6-9H,10-11H2,1-5H3,(H2,20,21,22);1H. The smallest absolute Gasteiger partial charge is 0.191 e. The third-order valence-corrected chi connectivity index (χ3v) is 5.08. The molecule has 2 N–H and O–H groups in total. The molecule has 0 bridgehead atoms. The van der Waals surface area contributed by atoms with Crippen LogP contribution in [-0.4, -0.2) is 24.5 Å². The number of aryl methyl sites for hydroxylation is 2. The minimum Gasteiger partial charge on any atom is -0.356 e. The van der Waals surface area contributed by atoms with Gasteiger partial charge in [-0.05, 0) is 31.5 Å². The molecule has 138 valence electrons. The highest BCUT2D eigenvalue weighted by atomic mass is 127. The van der Waals surface area contributed by atoms with Crippen LogP contribution >= 0.6 is 35.3 Å². The maximum atomic E-state index is 13.4. The monoisotopic (exact) mass is 476 g/mol. The van der Waals surface area contributed by atoms with Crippen molar-refractivity contribution in [2.24, 2.45) is 4.99 Å². The lowest BCUT2D eigenvalue weighted by Crippen LogP contribution is -2.43. The molecule has 1 heterocycles. The largest absolute Gasteiger partial charge is 0.356 e. The number of hydrogen-bond acceptors (Lipinski definition) is 3. The Kier molecular flexibility index (Phi) is 8.27. The van der Waals surface area contributed by atoms with Gasteiger partial charge in [0.25, 0.3) is 0 Å². The zero-order valence-corrected chi connectivity index (χ0v) is 18.5. The number of halogens is 2. The van der Waals surface area contributed by atoms with Crippen molar-refractivity contribution < 1.29 is 4.39 Å². The van der Waals surface area contributed by atoms with E-state index in [0.29, 0.717) is 19.0 Å². The van der Waals surface area contributed by atoms with Crippen molar-refractivity contribution >= 4 is 41.3 Å². The van der Waals surface area contributed by atoms with Gasteiger partial charge in [0.1, 0.15) is 10.8 Å². The lowest BCUT2D eigenvalue weighted by atomic mass is 9.84. The molecule has 1 aromatic heterocycles.